The summed E-state index contributed by atoms with van der Waals surface area (Å²) >= 11 is 0. The topological polar surface area (TPSA) is 252 Å². The lowest BCUT2D eigenvalue weighted by molar-refractivity contribution is -0.373. The second kappa shape index (κ2) is 28.3. The zero-order valence-corrected chi connectivity index (χ0v) is 46.8. The number of fused-ring (bicyclic) bond motifs is 6. The van der Waals surface area contributed by atoms with E-state index in [1.54, 1.807) is 51.3 Å². The Morgan fingerprint density at radius 1 is 0.627 bits per heavy atom. The summed E-state index contributed by atoms with van der Waals surface area (Å²) in [5.41, 5.74) is 6.76. The van der Waals surface area contributed by atoms with Gasteiger partial charge in [-0.25, -0.2) is 29.3 Å². The van der Waals surface area contributed by atoms with Crippen LogP contribution < -0.4 is 21.6 Å². The highest BCUT2D eigenvalue weighted by atomic mass is 31.2. The standard InChI is InChI=1S/C21H20P.C14H16BN4O4.C12H14BN4O3.C11H14N4O2.CH4/c1-2-18-22(19-12-6-3-7-13-19,20-14-8-4-9-15-20)21-16-10-5-11-17-21;1-2-3-23-19-12-7-18(14(19)20)10(5-15-22-8-16)4-11(12)13-6-17-9-21-13;1-16-10-5-17(12(16)18)8(3-13-20-6-14)2-9(10)11-4-15-7-19-11;1-14-9-5-15(11(14)16)7(3-12)2-8(9)10-4-13-6-17-10;/h2-18H,1H3;2,4,6,8-10,12,16H,1,3,5,7H2;2,4,6-8,10,14H,3,5H2,1H3;2,4,6-7,9H,3,5,12H2,1H3;1H4/q+1;;;;/p+1/b18-2+;;;;/t;10-,12?;8-,10?;7-,9?;/m.000./s1. The lowest BCUT2D eigenvalue weighted by Gasteiger charge is -2.28. The van der Waals surface area contributed by atoms with Gasteiger partial charge < -0.3 is 52.8 Å². The second-order valence-corrected chi connectivity index (χ2v) is 22.8. The number of amides is 6. The summed E-state index contributed by atoms with van der Waals surface area (Å²) in [4.78, 5) is 63.0. The van der Waals surface area contributed by atoms with Gasteiger partial charge in [0.25, 0.3) is 0 Å². The fraction of sp³-hybridized carbons (Fsp3) is 0.288. The van der Waals surface area contributed by atoms with Crippen molar-refractivity contribution in [3.8, 4) is 0 Å². The number of aromatic nitrogens is 3. The monoisotopic (exact) mass is 1140 g/mol. The molecule has 3 saturated heterocycles. The number of hydrogen-bond donors (Lipinski definition) is 3. The molecule has 6 bridgehead atoms. The number of oxazole rings is 3. The van der Waals surface area contributed by atoms with E-state index in [0.29, 0.717) is 50.3 Å². The van der Waals surface area contributed by atoms with E-state index in [0.717, 1.165) is 35.3 Å². The van der Waals surface area contributed by atoms with Gasteiger partial charge in [0.2, 0.25) is 0 Å². The third-order valence-electron chi connectivity index (χ3n) is 14.9. The van der Waals surface area contributed by atoms with Crippen LogP contribution in [0.5, 0.6) is 0 Å². The minimum atomic E-state index is -1.73. The van der Waals surface area contributed by atoms with Crippen LogP contribution in [0.1, 0.15) is 31.6 Å². The Hall–Kier alpha value is -8.78. The van der Waals surface area contributed by atoms with Gasteiger partial charge in [-0.1, -0.05) is 86.3 Å². The molecule has 6 aliphatic heterocycles. The predicted octanol–water partition coefficient (Wildman–Crippen LogP) is 6.73. The first-order chi connectivity index (χ1) is 40.1. The summed E-state index contributed by atoms with van der Waals surface area (Å²) in [6, 6.07) is 32.1. The van der Waals surface area contributed by atoms with Gasteiger partial charge in [-0.15, -0.1) is 6.58 Å². The lowest BCUT2D eigenvalue weighted by atomic mass is 9.85. The van der Waals surface area contributed by atoms with Crippen molar-refractivity contribution in [2.24, 2.45) is 0 Å². The predicted molar refractivity (Wildman–Crippen MR) is 321 cm³/mol. The maximum atomic E-state index is 12.6. The van der Waals surface area contributed by atoms with Gasteiger partial charge in [-0.05, 0) is 62.0 Å². The van der Waals surface area contributed by atoms with Crippen molar-refractivity contribution in [3.05, 3.63) is 189 Å². The van der Waals surface area contributed by atoms with E-state index in [9.17, 15) is 14.4 Å². The van der Waals surface area contributed by atoms with Crippen LogP contribution in [0.25, 0.3) is 16.7 Å². The summed E-state index contributed by atoms with van der Waals surface area (Å²) in [6.45, 7) is 8.46. The van der Waals surface area contributed by atoms with Gasteiger partial charge in [0, 0.05) is 56.0 Å². The van der Waals surface area contributed by atoms with Crippen LogP contribution in [-0.4, -0.2) is 174 Å². The fourth-order valence-corrected chi connectivity index (χ4v) is 14.8. The smallest absolute Gasteiger partial charge is 0.373 e. The molecule has 0 aliphatic carbocycles. The summed E-state index contributed by atoms with van der Waals surface area (Å²) in [7, 11) is 4.90. The molecule has 3 unspecified atom stereocenters. The maximum absolute atomic E-state index is 12.6. The lowest BCUT2D eigenvalue weighted by Crippen LogP contribution is -2.60. The third-order valence-corrected chi connectivity index (χ3v) is 19.0. The first-order valence-electron chi connectivity index (χ1n) is 26.7. The maximum Gasteiger partial charge on any atom is 0.373 e. The molecule has 0 saturated carbocycles. The normalized spacial score (nSPS) is 21.0. The molecule has 6 aromatic rings. The molecular weight excluding hydrogens is 1070 g/mol. The Morgan fingerprint density at radius 3 is 1.39 bits per heavy atom. The number of likely N-dealkylation sites (N-methyl/N-ethyl adjacent to an activating group) is 2. The number of carbonyl (C=O) groups excluding carboxylic acids is 3. The number of urea groups is 3. The Kier molecular flexibility index (Phi) is 20.5. The average Bonchev–Trinajstić information content (AvgIpc) is 3.86. The molecule has 83 heavy (non-hydrogen) atoms. The molecule has 24 heteroatoms. The van der Waals surface area contributed by atoms with Crippen molar-refractivity contribution in [1.29, 1.82) is 10.8 Å². The molecule has 3 aromatic carbocycles. The third kappa shape index (κ3) is 12.8. The molecule has 5 N–H and O–H groups in total. The Bertz CT molecular complexity index is 3130. The molecule has 0 spiro atoms. The van der Waals surface area contributed by atoms with Crippen molar-refractivity contribution in [2.45, 2.75) is 63.2 Å². The highest BCUT2D eigenvalue weighted by Crippen LogP contribution is 2.56. The van der Waals surface area contributed by atoms with Gasteiger partial charge in [-0.3, -0.25) is 15.7 Å². The van der Waals surface area contributed by atoms with Crippen LogP contribution in [0.4, 0.5) is 14.4 Å². The van der Waals surface area contributed by atoms with Crippen LogP contribution in [0.2, 0.25) is 12.6 Å². The van der Waals surface area contributed by atoms with E-state index < -0.39 is 7.26 Å². The fourth-order valence-electron chi connectivity index (χ4n) is 11.0. The molecule has 12 rings (SSSR count). The second-order valence-electron chi connectivity index (χ2n) is 19.5. The van der Waals surface area contributed by atoms with E-state index >= 15 is 0 Å². The summed E-state index contributed by atoms with van der Waals surface area (Å²) in [6.07, 6.45) is 21.6. The van der Waals surface area contributed by atoms with Crippen LogP contribution in [-0.2, 0) is 14.1 Å². The van der Waals surface area contributed by atoms with Gasteiger partial charge in [0.15, 0.2) is 36.5 Å². The molecule has 9 heterocycles. The number of hydrogen-bond acceptors (Lipinski definition) is 14. The minimum absolute atomic E-state index is 0. The zero-order chi connectivity index (χ0) is 57.6. The molecule has 428 valence electrons. The number of allylic oxidation sites excluding steroid dienone is 1. The van der Waals surface area contributed by atoms with Crippen LogP contribution in [0.3, 0.4) is 0 Å². The molecule has 3 fully saturated rings. The van der Waals surface area contributed by atoms with Gasteiger partial charge in [0.05, 0.1) is 56.2 Å². The number of nitrogens with zero attached hydrogens (tertiary/aromatic N) is 9. The van der Waals surface area contributed by atoms with Crippen molar-refractivity contribution in [2.75, 3.05) is 46.9 Å². The van der Waals surface area contributed by atoms with Crippen molar-refractivity contribution < 1.29 is 47.5 Å². The number of hydroxylamine groups is 2. The molecule has 6 atom stereocenters. The first kappa shape index (κ1) is 60.3. The van der Waals surface area contributed by atoms with E-state index in [4.69, 9.17) is 38.2 Å². The summed E-state index contributed by atoms with van der Waals surface area (Å²) < 4.78 is 25.8. The average molecular weight is 1140 g/mol. The SMILES string of the molecule is C.C/C=C/[P+](c1ccccc1)(c1ccccc1)c1ccccc1.C=CCON1C(=O)N2CC1C(c1cnco1)=C[C@H]2C[B]OC=N.CN1C(=O)N2CC1C(c1cnco1)=C[C@H]2C[B]OC=N.CN1C(=O)N2CC1C(c1cnco1)=C[C@H]2C[NH3+]. The van der Waals surface area contributed by atoms with Crippen molar-refractivity contribution in [3.63, 3.8) is 0 Å². The molecular formula is C59H69B2N12O9P+2. The summed E-state index contributed by atoms with van der Waals surface area (Å²) in [5, 5.41) is 19.3. The largest absolute Gasteiger partial charge is 0.556 e. The summed E-state index contributed by atoms with van der Waals surface area (Å²) in [5.74, 6) is 4.45. The van der Waals surface area contributed by atoms with E-state index in [1.807, 2.05) is 24.1 Å². The molecule has 3 aromatic heterocycles. The Labute approximate surface area is 485 Å². The van der Waals surface area contributed by atoms with Crippen LogP contribution in [0.15, 0.2) is 185 Å². The van der Waals surface area contributed by atoms with Crippen LogP contribution >= 0.6 is 7.26 Å². The van der Waals surface area contributed by atoms with E-state index in [2.05, 4.69) is 143 Å². The van der Waals surface area contributed by atoms with E-state index in [-0.39, 0.29) is 68.4 Å². The van der Waals surface area contributed by atoms with Gasteiger partial charge >= 0.3 is 33.1 Å². The molecule has 6 aliphatic rings. The quantitative estimate of drug-likeness (QED) is 0.0191. The van der Waals surface area contributed by atoms with Crippen molar-refractivity contribution in [1.82, 2.24) is 44.5 Å². The minimum Gasteiger partial charge on any atom is -0.556 e. The molecule has 6 amide bonds. The molecule has 21 nitrogen and oxygen atoms in total. The number of nitrogens with one attached hydrogen (secondary N) is 2. The van der Waals surface area contributed by atoms with Crippen LogP contribution in [0, 0.1) is 10.8 Å². The highest BCUT2D eigenvalue weighted by molar-refractivity contribution is 7.98. The number of quaternary nitrogens is 1. The molecule has 2 radical (unpaired) electrons. The van der Waals surface area contributed by atoms with Gasteiger partial charge in [-0.2, -0.15) is 5.06 Å². The first-order valence-corrected chi connectivity index (χ1v) is 28.6. The number of carbonyl (C=O) groups is 3. The van der Waals surface area contributed by atoms with Crippen molar-refractivity contribution >= 4 is 85.8 Å². The van der Waals surface area contributed by atoms with E-state index in [1.165, 1.54) is 55.1 Å². The zero-order valence-electron chi connectivity index (χ0n) is 45.9. The number of benzene rings is 3. The highest BCUT2D eigenvalue weighted by Gasteiger charge is 2.49. The Morgan fingerprint density at radius 2 is 1.01 bits per heavy atom. The van der Waals surface area contributed by atoms with Gasteiger partial charge in [0.1, 0.15) is 48.1 Å². The number of rotatable bonds is 19. The Balaban J connectivity index is 0.000000145.